The predicted octanol–water partition coefficient (Wildman–Crippen LogP) is 2.23. The molecule has 0 saturated carbocycles. The summed E-state index contributed by atoms with van der Waals surface area (Å²) in [5, 5.41) is 16.4. The van der Waals surface area contributed by atoms with E-state index in [-0.39, 0.29) is 11.8 Å². The smallest absolute Gasteiger partial charge is 0.251 e. The van der Waals surface area contributed by atoms with Crippen LogP contribution >= 0.6 is 11.6 Å². The standard InChI is InChI=1S/C19H21ClN2O3/c20-16-5-1-3-13(7-16)12-25-17-6-2-4-14(8-17)19(24)22-10-15-9-21-11-18(15)23/h1-8,15,18,21,23H,9-12H2,(H,22,24). The number of carbonyl (C=O) groups excluding carboxylic acids is 1. The van der Waals surface area contributed by atoms with Crippen LogP contribution in [0.1, 0.15) is 15.9 Å². The molecule has 2 aromatic carbocycles. The highest BCUT2D eigenvalue weighted by Crippen LogP contribution is 2.17. The molecule has 3 N–H and O–H groups in total. The van der Waals surface area contributed by atoms with Gasteiger partial charge in [0, 0.05) is 36.1 Å². The van der Waals surface area contributed by atoms with Gasteiger partial charge in [0.2, 0.25) is 0 Å². The Hall–Kier alpha value is -2.08. The van der Waals surface area contributed by atoms with Gasteiger partial charge in [-0.1, -0.05) is 29.8 Å². The highest BCUT2D eigenvalue weighted by atomic mass is 35.5. The molecule has 0 aromatic heterocycles. The maximum Gasteiger partial charge on any atom is 0.251 e. The summed E-state index contributed by atoms with van der Waals surface area (Å²) in [7, 11) is 0. The number of hydrogen-bond acceptors (Lipinski definition) is 4. The zero-order valence-electron chi connectivity index (χ0n) is 13.7. The largest absolute Gasteiger partial charge is 0.489 e. The van der Waals surface area contributed by atoms with Gasteiger partial charge < -0.3 is 20.5 Å². The first-order valence-corrected chi connectivity index (χ1v) is 8.64. The normalized spacial score (nSPS) is 19.6. The van der Waals surface area contributed by atoms with Crippen LogP contribution in [0.5, 0.6) is 5.75 Å². The van der Waals surface area contributed by atoms with Crippen molar-refractivity contribution in [1.82, 2.24) is 10.6 Å². The fraction of sp³-hybridized carbons (Fsp3) is 0.316. The van der Waals surface area contributed by atoms with E-state index < -0.39 is 6.10 Å². The minimum atomic E-state index is -0.410. The average Bonchev–Trinajstić information content (AvgIpc) is 3.03. The third kappa shape index (κ3) is 4.95. The molecule has 0 radical (unpaired) electrons. The number of aliphatic hydroxyl groups excluding tert-OH is 1. The van der Waals surface area contributed by atoms with Gasteiger partial charge >= 0.3 is 0 Å². The molecule has 2 aromatic rings. The van der Waals surface area contributed by atoms with E-state index in [0.717, 1.165) is 5.56 Å². The second kappa shape index (κ2) is 8.34. The molecule has 1 fully saturated rings. The van der Waals surface area contributed by atoms with Crippen molar-refractivity contribution in [2.24, 2.45) is 5.92 Å². The van der Waals surface area contributed by atoms with E-state index in [1.165, 1.54) is 0 Å². The van der Waals surface area contributed by atoms with Gasteiger partial charge in [0.05, 0.1) is 6.10 Å². The Morgan fingerprint density at radius 1 is 1.24 bits per heavy atom. The summed E-state index contributed by atoms with van der Waals surface area (Å²) in [5.41, 5.74) is 1.49. The lowest BCUT2D eigenvalue weighted by Gasteiger charge is -2.14. The summed E-state index contributed by atoms with van der Waals surface area (Å²) in [6.45, 7) is 2.11. The SMILES string of the molecule is O=C(NCC1CNCC1O)c1cccc(OCc2cccc(Cl)c2)c1. The molecule has 2 unspecified atom stereocenters. The highest BCUT2D eigenvalue weighted by molar-refractivity contribution is 6.30. The fourth-order valence-electron chi connectivity index (χ4n) is 2.77. The van der Waals surface area contributed by atoms with E-state index in [0.29, 0.717) is 42.6 Å². The van der Waals surface area contributed by atoms with Gasteiger partial charge in [-0.05, 0) is 35.9 Å². The number of amides is 1. The van der Waals surface area contributed by atoms with Crippen LogP contribution in [0.25, 0.3) is 0 Å². The number of carbonyl (C=O) groups is 1. The van der Waals surface area contributed by atoms with Crippen LogP contribution in [0, 0.1) is 5.92 Å². The Labute approximate surface area is 152 Å². The molecule has 0 bridgehead atoms. The first kappa shape index (κ1) is 17.7. The van der Waals surface area contributed by atoms with Gasteiger partial charge in [-0.2, -0.15) is 0 Å². The number of hydrogen-bond donors (Lipinski definition) is 3. The summed E-state index contributed by atoms with van der Waals surface area (Å²) in [4.78, 5) is 12.3. The summed E-state index contributed by atoms with van der Waals surface area (Å²) < 4.78 is 5.74. The zero-order valence-corrected chi connectivity index (χ0v) is 14.5. The molecule has 1 aliphatic heterocycles. The lowest BCUT2D eigenvalue weighted by molar-refractivity contribution is 0.0926. The zero-order chi connectivity index (χ0) is 17.6. The molecule has 132 valence electrons. The first-order valence-electron chi connectivity index (χ1n) is 8.26. The number of aliphatic hydroxyl groups is 1. The van der Waals surface area contributed by atoms with E-state index in [4.69, 9.17) is 16.3 Å². The molecule has 3 rings (SSSR count). The van der Waals surface area contributed by atoms with Crippen molar-refractivity contribution in [3.8, 4) is 5.75 Å². The van der Waals surface area contributed by atoms with Gasteiger partial charge in [0.1, 0.15) is 12.4 Å². The quantitative estimate of drug-likeness (QED) is 0.738. The van der Waals surface area contributed by atoms with Crippen molar-refractivity contribution in [2.75, 3.05) is 19.6 Å². The molecule has 1 saturated heterocycles. The van der Waals surface area contributed by atoms with E-state index in [1.54, 1.807) is 18.2 Å². The number of rotatable bonds is 6. The first-order chi connectivity index (χ1) is 12.1. The molecular formula is C19H21ClN2O3. The van der Waals surface area contributed by atoms with Crippen molar-refractivity contribution < 1.29 is 14.6 Å². The molecule has 1 heterocycles. The van der Waals surface area contributed by atoms with Gasteiger partial charge in [-0.15, -0.1) is 0 Å². The van der Waals surface area contributed by atoms with E-state index in [1.807, 2.05) is 30.3 Å². The maximum absolute atomic E-state index is 12.3. The van der Waals surface area contributed by atoms with Crippen molar-refractivity contribution in [2.45, 2.75) is 12.7 Å². The third-order valence-electron chi connectivity index (χ3n) is 4.22. The summed E-state index contributed by atoms with van der Waals surface area (Å²) >= 11 is 5.96. The van der Waals surface area contributed by atoms with Crippen molar-refractivity contribution in [3.05, 3.63) is 64.7 Å². The minimum Gasteiger partial charge on any atom is -0.489 e. The minimum absolute atomic E-state index is 0.0474. The van der Waals surface area contributed by atoms with Crippen LogP contribution in [-0.2, 0) is 6.61 Å². The molecule has 2 atom stereocenters. The predicted molar refractivity (Wildman–Crippen MR) is 96.9 cm³/mol. The van der Waals surface area contributed by atoms with Gasteiger partial charge in [-0.25, -0.2) is 0 Å². The maximum atomic E-state index is 12.3. The molecule has 6 heteroatoms. The Kier molecular flexibility index (Phi) is 5.91. The second-order valence-corrected chi connectivity index (χ2v) is 6.58. The Morgan fingerprint density at radius 2 is 2.08 bits per heavy atom. The van der Waals surface area contributed by atoms with Crippen LogP contribution in [0.4, 0.5) is 0 Å². The molecule has 1 amide bonds. The molecule has 0 spiro atoms. The Morgan fingerprint density at radius 3 is 2.84 bits per heavy atom. The lowest BCUT2D eigenvalue weighted by Crippen LogP contribution is -2.34. The molecule has 1 aliphatic rings. The number of benzene rings is 2. The van der Waals surface area contributed by atoms with Crippen LogP contribution in [0.15, 0.2) is 48.5 Å². The third-order valence-corrected chi connectivity index (χ3v) is 4.45. The number of halogens is 1. The highest BCUT2D eigenvalue weighted by Gasteiger charge is 2.25. The van der Waals surface area contributed by atoms with E-state index in [9.17, 15) is 9.90 Å². The summed E-state index contributed by atoms with van der Waals surface area (Å²) in [6.07, 6.45) is -0.410. The monoisotopic (exact) mass is 360 g/mol. The number of nitrogens with one attached hydrogen (secondary N) is 2. The van der Waals surface area contributed by atoms with Gasteiger partial charge in [-0.3, -0.25) is 4.79 Å². The lowest BCUT2D eigenvalue weighted by atomic mass is 10.1. The molecule has 0 aliphatic carbocycles. The summed E-state index contributed by atoms with van der Waals surface area (Å²) in [5.74, 6) is 0.494. The van der Waals surface area contributed by atoms with Crippen molar-refractivity contribution >= 4 is 17.5 Å². The summed E-state index contributed by atoms with van der Waals surface area (Å²) in [6, 6.07) is 14.5. The number of β-amino-alcohol motifs (C(OH)–C–C–N with tert-alkyl or cyclic N) is 1. The van der Waals surface area contributed by atoms with Crippen molar-refractivity contribution in [3.63, 3.8) is 0 Å². The Balaban J connectivity index is 1.56. The van der Waals surface area contributed by atoms with Crippen molar-refractivity contribution in [1.29, 1.82) is 0 Å². The van der Waals surface area contributed by atoms with E-state index >= 15 is 0 Å². The second-order valence-electron chi connectivity index (χ2n) is 6.14. The van der Waals surface area contributed by atoms with Crippen LogP contribution < -0.4 is 15.4 Å². The number of ether oxygens (including phenoxy) is 1. The van der Waals surface area contributed by atoms with E-state index in [2.05, 4.69) is 10.6 Å². The molecular weight excluding hydrogens is 340 g/mol. The average molecular weight is 361 g/mol. The van der Waals surface area contributed by atoms with Crippen LogP contribution in [0.2, 0.25) is 5.02 Å². The van der Waals surface area contributed by atoms with Gasteiger partial charge in [0.25, 0.3) is 5.91 Å². The van der Waals surface area contributed by atoms with Crippen LogP contribution in [0.3, 0.4) is 0 Å². The molecule has 5 nitrogen and oxygen atoms in total. The Bertz CT molecular complexity index is 738. The van der Waals surface area contributed by atoms with Gasteiger partial charge in [0.15, 0.2) is 0 Å². The fourth-order valence-corrected chi connectivity index (χ4v) is 2.99. The topological polar surface area (TPSA) is 70.6 Å². The molecule has 25 heavy (non-hydrogen) atoms. The van der Waals surface area contributed by atoms with Crippen LogP contribution in [-0.4, -0.2) is 36.8 Å².